The zero-order valence-corrected chi connectivity index (χ0v) is 13.8. The maximum Gasteiger partial charge on any atom is 0.141 e. The van der Waals surface area contributed by atoms with E-state index in [4.69, 9.17) is 16.0 Å². The Balaban J connectivity index is 1.87. The minimum atomic E-state index is -0.421. The number of nitrogens with zero attached hydrogens (tertiary/aromatic N) is 1. The highest BCUT2D eigenvalue weighted by atomic mass is 35.5. The lowest BCUT2D eigenvalue weighted by Crippen LogP contribution is -2.31. The van der Waals surface area contributed by atoms with Crippen LogP contribution in [0.15, 0.2) is 34.7 Å². The van der Waals surface area contributed by atoms with Crippen LogP contribution in [0.3, 0.4) is 0 Å². The standard InChI is InChI=1S/C17H22ClFN2O/c1-3-21(4-2)10-9-20-12-14-6-8-17(22-14)13-5-7-16(19)15(18)11-13/h5-8,11,20H,3-4,9-10,12H2,1-2H3. The maximum atomic E-state index is 13.2. The zero-order chi connectivity index (χ0) is 15.9. The van der Waals surface area contributed by atoms with Gasteiger partial charge in [0.2, 0.25) is 0 Å². The van der Waals surface area contributed by atoms with Crippen LogP contribution in [0.25, 0.3) is 11.3 Å². The van der Waals surface area contributed by atoms with E-state index in [1.54, 1.807) is 12.1 Å². The quantitative estimate of drug-likeness (QED) is 0.739. The summed E-state index contributed by atoms with van der Waals surface area (Å²) < 4.78 is 18.9. The highest BCUT2D eigenvalue weighted by molar-refractivity contribution is 6.31. The number of furan rings is 1. The lowest BCUT2D eigenvalue weighted by Gasteiger charge is -2.17. The summed E-state index contributed by atoms with van der Waals surface area (Å²) in [5.74, 6) is 1.13. The van der Waals surface area contributed by atoms with Crippen LogP contribution < -0.4 is 5.32 Å². The molecule has 0 atom stereocenters. The molecule has 1 aromatic carbocycles. The molecule has 0 aliphatic rings. The summed E-state index contributed by atoms with van der Waals surface area (Å²) in [6, 6.07) is 8.40. The molecule has 0 bridgehead atoms. The fourth-order valence-electron chi connectivity index (χ4n) is 2.27. The second kappa shape index (κ2) is 8.32. The van der Waals surface area contributed by atoms with Crippen LogP contribution in [0.1, 0.15) is 19.6 Å². The molecule has 3 nitrogen and oxygen atoms in total. The number of hydrogen-bond acceptors (Lipinski definition) is 3. The van der Waals surface area contributed by atoms with Gasteiger partial charge in [-0.05, 0) is 43.4 Å². The van der Waals surface area contributed by atoms with Gasteiger partial charge in [0.1, 0.15) is 17.3 Å². The molecule has 0 aliphatic heterocycles. The minimum Gasteiger partial charge on any atom is -0.460 e. The third-order valence-electron chi connectivity index (χ3n) is 3.66. The molecule has 0 saturated carbocycles. The molecule has 1 heterocycles. The summed E-state index contributed by atoms with van der Waals surface area (Å²) in [5.41, 5.74) is 0.779. The zero-order valence-electron chi connectivity index (χ0n) is 13.0. The van der Waals surface area contributed by atoms with Crippen LogP contribution in [0.2, 0.25) is 5.02 Å². The van der Waals surface area contributed by atoms with Gasteiger partial charge in [0.15, 0.2) is 0 Å². The number of likely N-dealkylation sites (N-methyl/N-ethyl adjacent to an activating group) is 1. The lowest BCUT2D eigenvalue weighted by atomic mass is 10.2. The Bertz CT molecular complexity index is 596. The van der Waals surface area contributed by atoms with E-state index in [2.05, 4.69) is 24.1 Å². The smallest absolute Gasteiger partial charge is 0.141 e. The summed E-state index contributed by atoms with van der Waals surface area (Å²) in [4.78, 5) is 2.36. The summed E-state index contributed by atoms with van der Waals surface area (Å²) in [6.07, 6.45) is 0. The molecule has 0 fully saturated rings. The van der Waals surface area contributed by atoms with Gasteiger partial charge in [0, 0.05) is 18.7 Å². The minimum absolute atomic E-state index is 0.104. The molecule has 0 radical (unpaired) electrons. The van der Waals surface area contributed by atoms with Crippen molar-refractivity contribution in [3.05, 3.63) is 46.9 Å². The molecular weight excluding hydrogens is 303 g/mol. The average Bonchev–Trinajstić information content (AvgIpc) is 2.99. The van der Waals surface area contributed by atoms with Crippen LogP contribution in [-0.4, -0.2) is 31.1 Å². The van der Waals surface area contributed by atoms with Crippen molar-refractivity contribution in [2.24, 2.45) is 0 Å². The monoisotopic (exact) mass is 324 g/mol. The fourth-order valence-corrected chi connectivity index (χ4v) is 2.45. The molecule has 0 amide bonds. The third kappa shape index (κ3) is 4.57. The molecule has 1 aromatic heterocycles. The number of halogens is 2. The van der Waals surface area contributed by atoms with Crippen molar-refractivity contribution >= 4 is 11.6 Å². The molecule has 2 rings (SSSR count). The first-order chi connectivity index (χ1) is 10.6. The van der Waals surface area contributed by atoms with E-state index < -0.39 is 5.82 Å². The Hall–Kier alpha value is -1.36. The van der Waals surface area contributed by atoms with Crippen LogP contribution in [0.5, 0.6) is 0 Å². The van der Waals surface area contributed by atoms with Gasteiger partial charge in [-0.15, -0.1) is 0 Å². The van der Waals surface area contributed by atoms with Crippen molar-refractivity contribution in [3.8, 4) is 11.3 Å². The first-order valence-corrected chi connectivity index (χ1v) is 7.99. The molecule has 0 spiro atoms. The molecule has 2 aromatic rings. The van der Waals surface area contributed by atoms with Gasteiger partial charge in [-0.1, -0.05) is 25.4 Å². The van der Waals surface area contributed by atoms with Gasteiger partial charge >= 0.3 is 0 Å². The van der Waals surface area contributed by atoms with E-state index >= 15 is 0 Å². The predicted octanol–water partition coefficient (Wildman–Crippen LogP) is 4.17. The van der Waals surface area contributed by atoms with E-state index in [0.29, 0.717) is 12.3 Å². The fraction of sp³-hybridized carbons (Fsp3) is 0.412. The molecule has 22 heavy (non-hydrogen) atoms. The van der Waals surface area contributed by atoms with Crippen molar-refractivity contribution in [3.63, 3.8) is 0 Å². The molecule has 0 aliphatic carbocycles. The Kier molecular flexibility index (Phi) is 6.43. The Morgan fingerprint density at radius 3 is 2.64 bits per heavy atom. The van der Waals surface area contributed by atoms with Crippen molar-refractivity contribution in [2.45, 2.75) is 20.4 Å². The van der Waals surface area contributed by atoms with Gasteiger partial charge in [-0.25, -0.2) is 4.39 Å². The van der Waals surface area contributed by atoms with E-state index in [-0.39, 0.29) is 5.02 Å². The van der Waals surface area contributed by atoms with Gasteiger partial charge < -0.3 is 14.6 Å². The maximum absolute atomic E-state index is 13.2. The van der Waals surface area contributed by atoms with Crippen molar-refractivity contribution < 1.29 is 8.81 Å². The topological polar surface area (TPSA) is 28.4 Å². The summed E-state index contributed by atoms with van der Waals surface area (Å²) in [6.45, 7) is 9.07. The van der Waals surface area contributed by atoms with E-state index in [0.717, 1.165) is 37.5 Å². The molecule has 0 unspecified atom stereocenters. The number of hydrogen-bond donors (Lipinski definition) is 1. The van der Waals surface area contributed by atoms with Crippen LogP contribution in [-0.2, 0) is 6.54 Å². The highest BCUT2D eigenvalue weighted by Crippen LogP contribution is 2.26. The molecular formula is C17H22ClFN2O. The number of benzene rings is 1. The van der Waals surface area contributed by atoms with Crippen molar-refractivity contribution in [1.29, 1.82) is 0 Å². The summed E-state index contributed by atoms with van der Waals surface area (Å²) in [5, 5.41) is 3.47. The number of nitrogens with one attached hydrogen (secondary N) is 1. The largest absolute Gasteiger partial charge is 0.460 e. The summed E-state index contributed by atoms with van der Waals surface area (Å²) >= 11 is 5.80. The van der Waals surface area contributed by atoms with E-state index in [1.807, 2.05) is 12.1 Å². The number of rotatable bonds is 8. The van der Waals surface area contributed by atoms with Crippen molar-refractivity contribution in [1.82, 2.24) is 10.2 Å². The first kappa shape index (κ1) is 17.0. The SMILES string of the molecule is CCN(CC)CCNCc1ccc(-c2ccc(F)c(Cl)c2)o1. The molecule has 1 N–H and O–H groups in total. The summed E-state index contributed by atoms with van der Waals surface area (Å²) in [7, 11) is 0. The predicted molar refractivity (Wildman–Crippen MR) is 88.6 cm³/mol. The second-order valence-corrected chi connectivity index (χ2v) is 5.51. The molecule has 0 saturated heterocycles. The Labute approximate surface area is 136 Å². The average molecular weight is 325 g/mol. The van der Waals surface area contributed by atoms with Crippen LogP contribution in [0, 0.1) is 5.82 Å². The van der Waals surface area contributed by atoms with Gasteiger partial charge in [0.05, 0.1) is 11.6 Å². The third-order valence-corrected chi connectivity index (χ3v) is 3.95. The Morgan fingerprint density at radius 1 is 1.18 bits per heavy atom. The second-order valence-electron chi connectivity index (χ2n) is 5.10. The van der Waals surface area contributed by atoms with Gasteiger partial charge in [-0.2, -0.15) is 0 Å². The van der Waals surface area contributed by atoms with E-state index in [1.165, 1.54) is 6.07 Å². The normalized spacial score (nSPS) is 11.3. The first-order valence-electron chi connectivity index (χ1n) is 7.61. The van der Waals surface area contributed by atoms with E-state index in [9.17, 15) is 4.39 Å². The lowest BCUT2D eigenvalue weighted by molar-refractivity contribution is 0.300. The Morgan fingerprint density at radius 2 is 1.95 bits per heavy atom. The highest BCUT2D eigenvalue weighted by Gasteiger charge is 2.07. The van der Waals surface area contributed by atoms with Gasteiger partial charge in [0.25, 0.3) is 0 Å². The van der Waals surface area contributed by atoms with Crippen molar-refractivity contribution in [2.75, 3.05) is 26.2 Å². The molecule has 120 valence electrons. The molecule has 5 heteroatoms. The van der Waals surface area contributed by atoms with Crippen LogP contribution in [0.4, 0.5) is 4.39 Å². The van der Waals surface area contributed by atoms with Crippen LogP contribution >= 0.6 is 11.6 Å². The van der Waals surface area contributed by atoms with Gasteiger partial charge in [-0.3, -0.25) is 0 Å².